The number of aromatic hydroxyl groups is 1. The van der Waals surface area contributed by atoms with Gasteiger partial charge in [0.05, 0.1) is 16.9 Å². The first-order valence-corrected chi connectivity index (χ1v) is 4.56. The third-order valence-corrected chi connectivity index (χ3v) is 2.32. The number of benzene rings is 1. The van der Waals surface area contributed by atoms with Crippen LogP contribution in [-0.4, -0.2) is 18.4 Å². The zero-order chi connectivity index (χ0) is 9.84. The molecule has 0 radical (unpaired) electrons. The highest BCUT2D eigenvalue weighted by Crippen LogP contribution is 2.31. The fourth-order valence-corrected chi connectivity index (χ4v) is 1.54. The van der Waals surface area contributed by atoms with Gasteiger partial charge in [-0.1, -0.05) is 0 Å². The number of nitrogens with two attached hydrogens (primary N) is 1. The van der Waals surface area contributed by atoms with Gasteiger partial charge in [-0.3, -0.25) is 0 Å². The zero-order valence-electron chi connectivity index (χ0n) is 6.99. The van der Waals surface area contributed by atoms with E-state index in [0.717, 1.165) is 5.56 Å². The summed E-state index contributed by atoms with van der Waals surface area (Å²) < 4.78 is 5.66. The van der Waals surface area contributed by atoms with Crippen LogP contribution in [0.5, 0.6) is 11.5 Å². The number of ether oxygens (including phenoxy) is 1. The minimum absolute atomic E-state index is 0.136. The van der Waals surface area contributed by atoms with E-state index in [4.69, 9.17) is 10.6 Å². The maximum absolute atomic E-state index is 9.48. The van der Waals surface area contributed by atoms with E-state index in [-0.39, 0.29) is 5.75 Å². The summed E-state index contributed by atoms with van der Waals surface area (Å²) in [6.45, 7) is 0. The summed E-state index contributed by atoms with van der Waals surface area (Å²) in [5.41, 5.74) is 0.793. The third-order valence-electron chi connectivity index (χ3n) is 1.49. The van der Waals surface area contributed by atoms with E-state index in [1.807, 2.05) is 22.6 Å². The molecule has 0 aliphatic carbocycles. The second kappa shape index (κ2) is 4.31. The molecular formula is C8H9IN2O2. The molecule has 5 heteroatoms. The number of methoxy groups -OCH3 is 1. The Kier molecular flexibility index (Phi) is 3.35. The summed E-state index contributed by atoms with van der Waals surface area (Å²) in [6.07, 6.45) is 1.49. The quantitative estimate of drug-likeness (QED) is 0.373. The van der Waals surface area contributed by atoms with Gasteiger partial charge in [0.2, 0.25) is 0 Å². The summed E-state index contributed by atoms with van der Waals surface area (Å²) in [7, 11) is 1.49. The molecule has 0 amide bonds. The Bertz CT molecular complexity index is 339. The van der Waals surface area contributed by atoms with Crippen LogP contribution in [0.4, 0.5) is 0 Å². The number of hydrogen-bond donors (Lipinski definition) is 2. The molecule has 70 valence electrons. The highest BCUT2D eigenvalue weighted by atomic mass is 127. The van der Waals surface area contributed by atoms with Crippen molar-refractivity contribution in [2.45, 2.75) is 0 Å². The summed E-state index contributed by atoms with van der Waals surface area (Å²) in [5, 5.41) is 12.9. The van der Waals surface area contributed by atoms with Gasteiger partial charge >= 0.3 is 0 Å². The SMILES string of the molecule is COc1cc(/C=N/N)cc(I)c1O. The number of phenolic OH excluding ortho intramolecular Hbond substituents is 1. The van der Waals surface area contributed by atoms with Crippen molar-refractivity contribution in [1.29, 1.82) is 0 Å². The predicted molar refractivity (Wildman–Crippen MR) is 59.2 cm³/mol. The van der Waals surface area contributed by atoms with Crippen LogP contribution >= 0.6 is 22.6 Å². The average Bonchev–Trinajstić information content (AvgIpc) is 2.11. The molecule has 4 nitrogen and oxygen atoms in total. The maximum Gasteiger partial charge on any atom is 0.171 e. The van der Waals surface area contributed by atoms with Crippen LogP contribution < -0.4 is 10.6 Å². The van der Waals surface area contributed by atoms with E-state index in [9.17, 15) is 5.11 Å². The van der Waals surface area contributed by atoms with Crippen molar-refractivity contribution in [3.8, 4) is 11.5 Å². The maximum atomic E-state index is 9.48. The number of hydrazone groups is 1. The Hall–Kier alpha value is -0.980. The van der Waals surface area contributed by atoms with E-state index in [1.54, 1.807) is 12.1 Å². The number of phenols is 1. The van der Waals surface area contributed by atoms with Crippen molar-refractivity contribution in [3.05, 3.63) is 21.3 Å². The van der Waals surface area contributed by atoms with Crippen molar-refractivity contribution in [2.24, 2.45) is 10.9 Å². The topological polar surface area (TPSA) is 67.8 Å². The first kappa shape index (κ1) is 10.1. The monoisotopic (exact) mass is 292 g/mol. The highest BCUT2D eigenvalue weighted by Gasteiger charge is 2.06. The Balaban J connectivity index is 3.21. The molecule has 3 N–H and O–H groups in total. The second-order valence-electron chi connectivity index (χ2n) is 2.33. The minimum Gasteiger partial charge on any atom is -0.504 e. The molecule has 0 atom stereocenters. The summed E-state index contributed by atoms with van der Waals surface area (Å²) in [4.78, 5) is 0. The predicted octanol–water partition coefficient (Wildman–Crippen LogP) is 1.30. The summed E-state index contributed by atoms with van der Waals surface area (Å²) in [5.74, 6) is 5.56. The lowest BCUT2D eigenvalue weighted by Crippen LogP contribution is -1.91. The van der Waals surface area contributed by atoms with Gasteiger partial charge in [0.15, 0.2) is 11.5 Å². The van der Waals surface area contributed by atoms with E-state index < -0.39 is 0 Å². The smallest absolute Gasteiger partial charge is 0.171 e. The lowest BCUT2D eigenvalue weighted by molar-refractivity contribution is 0.371. The van der Waals surface area contributed by atoms with Crippen LogP contribution in [0.1, 0.15) is 5.56 Å². The minimum atomic E-state index is 0.136. The fourth-order valence-electron chi connectivity index (χ4n) is 0.910. The summed E-state index contributed by atoms with van der Waals surface area (Å²) >= 11 is 2.01. The first-order chi connectivity index (χ1) is 6.19. The molecule has 0 aliphatic heterocycles. The molecule has 0 saturated heterocycles. The number of rotatable bonds is 2. The molecule has 0 saturated carbocycles. The van der Waals surface area contributed by atoms with Gasteiger partial charge in [-0.15, -0.1) is 0 Å². The molecular weight excluding hydrogens is 283 g/mol. The Morgan fingerprint density at radius 3 is 2.85 bits per heavy atom. The van der Waals surface area contributed by atoms with Crippen LogP contribution in [0.2, 0.25) is 0 Å². The molecule has 1 rings (SSSR count). The Labute approximate surface area is 89.5 Å². The lowest BCUT2D eigenvalue weighted by atomic mass is 10.2. The van der Waals surface area contributed by atoms with Crippen LogP contribution in [0.25, 0.3) is 0 Å². The van der Waals surface area contributed by atoms with Gasteiger partial charge in [-0.05, 0) is 40.3 Å². The lowest BCUT2D eigenvalue weighted by Gasteiger charge is -2.05. The van der Waals surface area contributed by atoms with Gasteiger partial charge in [-0.2, -0.15) is 5.10 Å². The van der Waals surface area contributed by atoms with Crippen LogP contribution in [0, 0.1) is 3.57 Å². The van der Waals surface area contributed by atoms with Gasteiger partial charge < -0.3 is 15.7 Å². The molecule has 0 aliphatic rings. The third kappa shape index (κ3) is 2.24. The van der Waals surface area contributed by atoms with Crippen LogP contribution in [-0.2, 0) is 0 Å². The van der Waals surface area contributed by atoms with Crippen LogP contribution in [0.15, 0.2) is 17.2 Å². The Morgan fingerprint density at radius 1 is 1.62 bits per heavy atom. The van der Waals surface area contributed by atoms with Gasteiger partial charge in [0.25, 0.3) is 0 Å². The fraction of sp³-hybridized carbons (Fsp3) is 0.125. The molecule has 13 heavy (non-hydrogen) atoms. The normalized spacial score (nSPS) is 10.6. The van der Waals surface area contributed by atoms with Crippen molar-refractivity contribution in [1.82, 2.24) is 0 Å². The van der Waals surface area contributed by atoms with Gasteiger partial charge in [-0.25, -0.2) is 0 Å². The standard InChI is InChI=1S/C8H9IN2O2/c1-13-7-3-5(4-11-10)2-6(9)8(7)12/h2-4,12H,10H2,1H3/b11-4+. The number of halogens is 1. The molecule has 0 heterocycles. The molecule has 0 unspecified atom stereocenters. The molecule has 0 bridgehead atoms. The summed E-state index contributed by atoms with van der Waals surface area (Å²) in [6, 6.07) is 3.42. The highest BCUT2D eigenvalue weighted by molar-refractivity contribution is 14.1. The van der Waals surface area contributed by atoms with Crippen molar-refractivity contribution in [3.63, 3.8) is 0 Å². The average molecular weight is 292 g/mol. The van der Waals surface area contributed by atoms with Crippen molar-refractivity contribution in [2.75, 3.05) is 7.11 Å². The number of nitrogens with zero attached hydrogens (tertiary/aromatic N) is 1. The van der Waals surface area contributed by atoms with Crippen molar-refractivity contribution < 1.29 is 9.84 Å². The van der Waals surface area contributed by atoms with Gasteiger partial charge in [0.1, 0.15) is 0 Å². The molecule has 0 spiro atoms. The van der Waals surface area contributed by atoms with E-state index in [2.05, 4.69) is 5.10 Å². The molecule has 0 aromatic heterocycles. The van der Waals surface area contributed by atoms with Crippen LogP contribution in [0.3, 0.4) is 0 Å². The first-order valence-electron chi connectivity index (χ1n) is 3.48. The zero-order valence-corrected chi connectivity index (χ0v) is 9.15. The van der Waals surface area contributed by atoms with E-state index in [1.165, 1.54) is 13.3 Å². The Morgan fingerprint density at radius 2 is 2.31 bits per heavy atom. The molecule has 1 aromatic rings. The largest absolute Gasteiger partial charge is 0.504 e. The molecule has 0 fully saturated rings. The van der Waals surface area contributed by atoms with E-state index in [0.29, 0.717) is 9.32 Å². The van der Waals surface area contributed by atoms with E-state index >= 15 is 0 Å². The number of hydrogen-bond acceptors (Lipinski definition) is 4. The van der Waals surface area contributed by atoms with Crippen molar-refractivity contribution >= 4 is 28.8 Å². The molecule has 1 aromatic carbocycles. The van der Waals surface area contributed by atoms with Gasteiger partial charge in [0, 0.05) is 0 Å². The second-order valence-corrected chi connectivity index (χ2v) is 3.49.